The first-order valence-electron chi connectivity index (χ1n) is 10.2. The Morgan fingerprint density at radius 3 is 2.55 bits per heavy atom. The van der Waals surface area contributed by atoms with E-state index in [0.717, 1.165) is 5.56 Å². The number of nitrogens with one attached hydrogen (secondary N) is 1. The Balaban J connectivity index is 1.85. The minimum absolute atomic E-state index is 0.0717. The quantitative estimate of drug-likeness (QED) is 0.256. The lowest BCUT2D eigenvalue weighted by Crippen LogP contribution is -2.13. The van der Waals surface area contributed by atoms with Crippen LogP contribution in [0.2, 0.25) is 5.02 Å². The van der Waals surface area contributed by atoms with E-state index >= 15 is 0 Å². The number of carbonyl (C=O) groups excluding carboxylic acids is 1. The third kappa shape index (κ3) is 6.61. The molecule has 0 radical (unpaired) electrons. The van der Waals surface area contributed by atoms with E-state index in [1.165, 1.54) is 11.6 Å². The average molecular weight is 526 g/mol. The smallest absolute Gasteiger partial charge is 0.266 e. The highest BCUT2D eigenvalue weighted by molar-refractivity contribution is 9.10. The molecule has 0 saturated carbocycles. The lowest BCUT2D eigenvalue weighted by Gasteiger charge is -2.15. The van der Waals surface area contributed by atoms with Gasteiger partial charge in [-0.3, -0.25) is 4.79 Å². The van der Waals surface area contributed by atoms with Crippen molar-refractivity contribution in [2.24, 2.45) is 0 Å². The van der Waals surface area contributed by atoms with Crippen molar-refractivity contribution < 1.29 is 14.3 Å². The monoisotopic (exact) mass is 524 g/mol. The Morgan fingerprint density at radius 2 is 1.88 bits per heavy atom. The van der Waals surface area contributed by atoms with Gasteiger partial charge in [-0.25, -0.2) is 0 Å². The number of aryl methyl sites for hydroxylation is 1. The highest BCUT2D eigenvalue weighted by Crippen LogP contribution is 2.38. The second-order valence-corrected chi connectivity index (χ2v) is 8.40. The zero-order valence-corrected chi connectivity index (χ0v) is 20.5. The van der Waals surface area contributed by atoms with Crippen molar-refractivity contribution in [3.8, 4) is 17.6 Å². The lowest BCUT2D eigenvalue weighted by atomic mass is 10.1. The van der Waals surface area contributed by atoms with Gasteiger partial charge in [0.2, 0.25) is 0 Å². The minimum atomic E-state index is -0.556. The first-order chi connectivity index (χ1) is 15.9. The number of nitriles is 1. The number of benzene rings is 3. The van der Waals surface area contributed by atoms with Crippen LogP contribution in [0, 0.1) is 18.3 Å². The van der Waals surface area contributed by atoms with Gasteiger partial charge in [0.25, 0.3) is 5.91 Å². The number of nitrogens with zero attached hydrogens (tertiary/aromatic N) is 1. The fourth-order valence-corrected chi connectivity index (χ4v) is 3.74. The summed E-state index contributed by atoms with van der Waals surface area (Å²) < 4.78 is 12.4. The highest BCUT2D eigenvalue weighted by Gasteiger charge is 2.15. The molecular weight excluding hydrogens is 504 g/mol. The van der Waals surface area contributed by atoms with E-state index in [4.69, 9.17) is 21.1 Å². The molecule has 0 unspecified atom stereocenters. The van der Waals surface area contributed by atoms with Crippen LogP contribution < -0.4 is 14.8 Å². The third-order valence-corrected chi connectivity index (χ3v) is 5.55. The Hall–Kier alpha value is -3.27. The summed E-state index contributed by atoms with van der Waals surface area (Å²) in [4.78, 5) is 12.6. The van der Waals surface area contributed by atoms with E-state index in [1.807, 2.05) is 44.2 Å². The van der Waals surface area contributed by atoms with Crippen molar-refractivity contribution in [1.82, 2.24) is 0 Å². The molecule has 0 spiro atoms. The van der Waals surface area contributed by atoms with Crippen molar-refractivity contribution in [2.45, 2.75) is 20.5 Å². The molecule has 3 rings (SSSR count). The van der Waals surface area contributed by atoms with E-state index in [1.54, 1.807) is 36.4 Å². The normalized spacial score (nSPS) is 10.9. The van der Waals surface area contributed by atoms with E-state index in [9.17, 15) is 10.1 Å². The predicted molar refractivity (Wildman–Crippen MR) is 134 cm³/mol. The first-order valence-corrected chi connectivity index (χ1v) is 11.4. The van der Waals surface area contributed by atoms with Crippen LogP contribution in [-0.4, -0.2) is 12.5 Å². The molecule has 5 nitrogen and oxygen atoms in total. The minimum Gasteiger partial charge on any atom is -0.490 e. The zero-order chi connectivity index (χ0) is 23.8. The molecule has 0 aromatic heterocycles. The summed E-state index contributed by atoms with van der Waals surface area (Å²) in [7, 11) is 0. The molecule has 1 amide bonds. The molecule has 0 fully saturated rings. The molecule has 0 bridgehead atoms. The van der Waals surface area contributed by atoms with Gasteiger partial charge >= 0.3 is 0 Å². The summed E-state index contributed by atoms with van der Waals surface area (Å²) in [5.74, 6) is 0.502. The molecule has 0 aliphatic heterocycles. The summed E-state index contributed by atoms with van der Waals surface area (Å²) in [6.07, 6.45) is 1.49. The van der Waals surface area contributed by atoms with Crippen molar-refractivity contribution >= 4 is 45.2 Å². The van der Waals surface area contributed by atoms with Gasteiger partial charge < -0.3 is 14.8 Å². The van der Waals surface area contributed by atoms with Crippen molar-refractivity contribution in [3.63, 3.8) is 0 Å². The molecular formula is C26H22BrClN2O3. The van der Waals surface area contributed by atoms with Gasteiger partial charge in [0.1, 0.15) is 18.2 Å². The third-order valence-electron chi connectivity index (χ3n) is 4.63. The average Bonchev–Trinajstić information content (AvgIpc) is 2.79. The molecule has 0 aliphatic carbocycles. The maximum Gasteiger partial charge on any atom is 0.266 e. The number of rotatable bonds is 8. The predicted octanol–water partition coefficient (Wildman–Crippen LogP) is 6.93. The van der Waals surface area contributed by atoms with Crippen molar-refractivity contribution in [2.75, 3.05) is 11.9 Å². The Bertz CT molecular complexity index is 1220. The molecule has 168 valence electrons. The zero-order valence-electron chi connectivity index (χ0n) is 18.2. The fraction of sp³-hybridized carbons (Fsp3) is 0.154. The second-order valence-electron chi connectivity index (χ2n) is 7.14. The van der Waals surface area contributed by atoms with Gasteiger partial charge in [0, 0.05) is 0 Å². The van der Waals surface area contributed by atoms with E-state index in [-0.39, 0.29) is 5.57 Å². The maximum atomic E-state index is 12.6. The number of amides is 1. The number of hydrogen-bond acceptors (Lipinski definition) is 4. The van der Waals surface area contributed by atoms with Crippen LogP contribution in [0.5, 0.6) is 11.5 Å². The van der Waals surface area contributed by atoms with Gasteiger partial charge in [-0.2, -0.15) is 5.26 Å². The van der Waals surface area contributed by atoms with Crippen LogP contribution >= 0.6 is 27.5 Å². The Labute approximate surface area is 206 Å². The number of halogens is 2. The molecule has 0 atom stereocenters. The van der Waals surface area contributed by atoms with Crippen LogP contribution in [0.4, 0.5) is 5.69 Å². The molecule has 0 saturated heterocycles. The summed E-state index contributed by atoms with van der Waals surface area (Å²) in [6.45, 7) is 4.71. The van der Waals surface area contributed by atoms with E-state index in [0.29, 0.717) is 45.5 Å². The van der Waals surface area contributed by atoms with Gasteiger partial charge in [0.15, 0.2) is 11.5 Å². The van der Waals surface area contributed by atoms with Crippen LogP contribution in [0.3, 0.4) is 0 Å². The molecule has 3 aromatic rings. The Kier molecular flexibility index (Phi) is 8.53. The number of ether oxygens (including phenoxy) is 2. The number of anilines is 1. The first kappa shape index (κ1) is 24.4. The molecule has 0 aliphatic rings. The Morgan fingerprint density at radius 1 is 1.15 bits per heavy atom. The lowest BCUT2D eigenvalue weighted by molar-refractivity contribution is -0.112. The van der Waals surface area contributed by atoms with Crippen molar-refractivity contribution in [1.29, 1.82) is 5.26 Å². The topological polar surface area (TPSA) is 71.3 Å². The van der Waals surface area contributed by atoms with Gasteiger partial charge in [-0.15, -0.1) is 0 Å². The van der Waals surface area contributed by atoms with Crippen LogP contribution in [-0.2, 0) is 11.4 Å². The van der Waals surface area contributed by atoms with Gasteiger partial charge in [0.05, 0.1) is 21.8 Å². The van der Waals surface area contributed by atoms with Crippen LogP contribution in [0.15, 0.2) is 70.7 Å². The summed E-state index contributed by atoms with van der Waals surface area (Å²) in [5, 5.41) is 12.6. The largest absolute Gasteiger partial charge is 0.490 e. The summed E-state index contributed by atoms with van der Waals surface area (Å²) >= 11 is 9.63. The van der Waals surface area contributed by atoms with E-state index < -0.39 is 5.91 Å². The molecule has 7 heteroatoms. The van der Waals surface area contributed by atoms with Gasteiger partial charge in [-0.1, -0.05) is 53.6 Å². The SMILES string of the molecule is CCOc1cc(/C=C(\C#N)C(=O)Nc2ccccc2Cl)cc(Br)c1OCc1ccc(C)cc1. The number of carbonyl (C=O) groups is 1. The molecule has 3 aromatic carbocycles. The second kappa shape index (κ2) is 11.6. The number of hydrogen-bond donors (Lipinski definition) is 1. The van der Waals surface area contributed by atoms with Gasteiger partial charge in [-0.05, 0) is 71.2 Å². The molecule has 33 heavy (non-hydrogen) atoms. The summed E-state index contributed by atoms with van der Waals surface area (Å²) in [6, 6.07) is 20.4. The molecule has 1 N–H and O–H groups in total. The van der Waals surface area contributed by atoms with Crippen molar-refractivity contribution in [3.05, 3.63) is 92.4 Å². The van der Waals surface area contributed by atoms with Crippen LogP contribution in [0.1, 0.15) is 23.6 Å². The van der Waals surface area contributed by atoms with E-state index in [2.05, 4.69) is 21.2 Å². The standard InChI is InChI=1S/C26H22BrClN2O3/c1-3-32-24-14-19(12-20(15-29)26(31)30-23-7-5-4-6-22(23)28)13-21(27)25(24)33-16-18-10-8-17(2)9-11-18/h4-14H,3,16H2,1-2H3,(H,30,31)/b20-12+. The fourth-order valence-electron chi connectivity index (χ4n) is 2.98. The number of para-hydroxylation sites is 1. The maximum absolute atomic E-state index is 12.6. The summed E-state index contributed by atoms with van der Waals surface area (Å²) in [5.41, 5.74) is 3.18. The highest BCUT2D eigenvalue weighted by atomic mass is 79.9. The van der Waals surface area contributed by atoms with Crippen LogP contribution in [0.25, 0.3) is 6.08 Å². The molecule has 0 heterocycles.